The summed E-state index contributed by atoms with van der Waals surface area (Å²) in [5.74, 6) is 0.748. The first-order chi connectivity index (χ1) is 32.2. The highest BCUT2D eigenvalue weighted by atomic mass is 16.6. The monoisotopic (exact) mass is 927 g/mol. The van der Waals surface area contributed by atoms with E-state index < -0.39 is 24.4 Å². The number of hydrogen-bond donors (Lipinski definition) is 4. The minimum atomic E-state index is -0.652. The number of nitrogens with zero attached hydrogens (tertiary/aromatic N) is 4. The quantitative estimate of drug-likeness (QED) is 0.142. The minimum absolute atomic E-state index is 0.122. The molecule has 0 aromatic heterocycles. The van der Waals surface area contributed by atoms with E-state index in [0.717, 1.165) is 63.5 Å². The molecule has 4 heterocycles. The Morgan fingerprint density at radius 1 is 0.439 bits per heavy atom. The molecule has 0 saturated carbocycles. The van der Waals surface area contributed by atoms with Crippen molar-refractivity contribution in [1.82, 2.24) is 40.9 Å². The van der Waals surface area contributed by atoms with Gasteiger partial charge in [0.05, 0.1) is 52.9 Å². The van der Waals surface area contributed by atoms with Crippen LogP contribution in [0, 0.1) is 11.8 Å². The van der Waals surface area contributed by atoms with Crippen molar-refractivity contribution in [2.75, 3.05) is 158 Å². The van der Waals surface area contributed by atoms with Gasteiger partial charge in [0.15, 0.2) is 23.0 Å². The summed E-state index contributed by atoms with van der Waals surface area (Å²) in [6.07, 6.45) is -1.37. The fourth-order valence-electron chi connectivity index (χ4n) is 7.94. The van der Waals surface area contributed by atoms with Crippen molar-refractivity contribution in [2.24, 2.45) is 11.8 Å². The van der Waals surface area contributed by atoms with Crippen molar-refractivity contribution in [2.45, 2.75) is 26.7 Å². The number of benzene rings is 2. The number of hydrogen-bond acceptors (Lipinski definition) is 16. The number of carbonyl (C=O) groups is 4. The van der Waals surface area contributed by atoms with Crippen LogP contribution in [0.1, 0.15) is 25.0 Å². The maximum absolute atomic E-state index is 13.1. The largest absolute Gasteiger partial charge is 0.412 e. The Balaban J connectivity index is 1.07. The number of rotatable bonds is 21. The molecule has 0 radical (unpaired) electrons. The summed E-state index contributed by atoms with van der Waals surface area (Å²) in [5, 5.41) is 11.2. The van der Waals surface area contributed by atoms with Gasteiger partial charge >= 0.3 is 24.4 Å². The van der Waals surface area contributed by atoms with Gasteiger partial charge in [-0.25, -0.2) is 19.2 Å². The SMILES string of the molecule is C[C@H](Cc1ccc(OC(=O)NCCN2CCOCC2)c(OC(=O)NCCN2CCOCC2)c1)[C@@H](C)Cc1ccc(OC(=O)NCCN2CCOCC2)c(OC(=O)NCCN2CCOCC2)c1. The summed E-state index contributed by atoms with van der Waals surface area (Å²) in [7, 11) is 0. The second kappa shape index (κ2) is 27.7. The molecule has 4 aliphatic heterocycles. The van der Waals surface area contributed by atoms with Crippen LogP contribution in [-0.4, -0.2) is 202 Å². The maximum Gasteiger partial charge on any atom is 0.412 e. The lowest BCUT2D eigenvalue weighted by atomic mass is 9.85. The first kappa shape index (κ1) is 50.6. The highest BCUT2D eigenvalue weighted by molar-refractivity contribution is 5.75. The van der Waals surface area contributed by atoms with Gasteiger partial charge in [0.1, 0.15) is 0 Å². The average molecular weight is 927 g/mol. The smallest absolute Gasteiger partial charge is 0.406 e. The summed E-state index contributed by atoms with van der Waals surface area (Å²) >= 11 is 0. The Labute approximate surface area is 388 Å². The summed E-state index contributed by atoms with van der Waals surface area (Å²) < 4.78 is 44.6. The van der Waals surface area contributed by atoms with Crippen LogP contribution in [0.2, 0.25) is 0 Å². The lowest BCUT2D eigenvalue weighted by Gasteiger charge is -2.26. The summed E-state index contributed by atoms with van der Waals surface area (Å²) in [6, 6.07) is 10.5. The van der Waals surface area contributed by atoms with Crippen LogP contribution in [0.3, 0.4) is 0 Å². The third-order valence-corrected chi connectivity index (χ3v) is 12.1. The molecule has 2 aromatic carbocycles. The van der Waals surface area contributed by atoms with Crippen molar-refractivity contribution in [3.8, 4) is 23.0 Å². The minimum Gasteiger partial charge on any atom is -0.406 e. The zero-order valence-corrected chi connectivity index (χ0v) is 38.7. The molecule has 0 unspecified atom stereocenters. The molecule has 4 amide bonds. The van der Waals surface area contributed by atoms with Crippen molar-refractivity contribution in [1.29, 1.82) is 0 Å². The van der Waals surface area contributed by atoms with Crippen molar-refractivity contribution in [3.63, 3.8) is 0 Å². The number of morpholine rings is 4. The predicted octanol–water partition coefficient (Wildman–Crippen LogP) is 2.43. The highest BCUT2D eigenvalue weighted by Gasteiger charge is 2.22. The number of amides is 4. The van der Waals surface area contributed by atoms with Crippen LogP contribution in [0.25, 0.3) is 0 Å². The van der Waals surface area contributed by atoms with Crippen LogP contribution in [0.4, 0.5) is 19.2 Å². The highest BCUT2D eigenvalue weighted by Crippen LogP contribution is 2.33. The summed E-state index contributed by atoms with van der Waals surface area (Å²) in [4.78, 5) is 60.8. The number of carbonyl (C=O) groups excluding carboxylic acids is 4. The Hall–Kier alpha value is -4.80. The molecule has 20 nitrogen and oxygen atoms in total. The van der Waals surface area contributed by atoms with Gasteiger partial charge in [-0.05, 0) is 60.1 Å². The molecule has 0 bridgehead atoms. The fraction of sp³-hybridized carbons (Fsp3) is 0.652. The maximum atomic E-state index is 13.1. The van der Waals surface area contributed by atoms with Gasteiger partial charge < -0.3 is 59.2 Å². The molecule has 366 valence electrons. The van der Waals surface area contributed by atoms with Crippen LogP contribution in [-0.2, 0) is 31.8 Å². The first-order valence-corrected chi connectivity index (χ1v) is 23.5. The zero-order valence-electron chi connectivity index (χ0n) is 38.7. The van der Waals surface area contributed by atoms with E-state index in [1.54, 1.807) is 24.3 Å². The normalized spacial score (nSPS) is 18.6. The van der Waals surface area contributed by atoms with Gasteiger partial charge in [-0.2, -0.15) is 0 Å². The Morgan fingerprint density at radius 2 is 0.697 bits per heavy atom. The average Bonchev–Trinajstić information content (AvgIpc) is 3.32. The summed E-state index contributed by atoms with van der Waals surface area (Å²) in [6.45, 7) is 20.1. The van der Waals surface area contributed by atoms with Crippen LogP contribution >= 0.6 is 0 Å². The lowest BCUT2D eigenvalue weighted by Crippen LogP contribution is -2.42. The van der Waals surface area contributed by atoms with Crippen molar-refractivity contribution >= 4 is 24.4 Å². The van der Waals surface area contributed by atoms with E-state index in [4.69, 9.17) is 37.9 Å². The van der Waals surface area contributed by atoms with Crippen molar-refractivity contribution in [3.05, 3.63) is 47.5 Å². The van der Waals surface area contributed by atoms with E-state index in [1.165, 1.54) is 0 Å². The van der Waals surface area contributed by atoms with Crippen LogP contribution in [0.15, 0.2) is 36.4 Å². The first-order valence-electron chi connectivity index (χ1n) is 23.5. The van der Waals surface area contributed by atoms with E-state index in [-0.39, 0.29) is 34.8 Å². The molecule has 66 heavy (non-hydrogen) atoms. The molecule has 2 atom stereocenters. The van der Waals surface area contributed by atoms with E-state index in [0.29, 0.717) is 118 Å². The molecule has 0 aliphatic carbocycles. The third kappa shape index (κ3) is 18.1. The van der Waals surface area contributed by atoms with E-state index >= 15 is 0 Å². The standard InChI is InChI=1S/C46H70N8O12/c1-35(31-37-3-5-39(63-43(55)47-7-11-51-15-23-59-24-16-51)41(33-37)65-45(57)49-9-13-53-19-27-61-28-20-53)36(2)32-38-4-6-40(64-44(56)48-8-12-52-17-25-60-26-18-52)42(34-38)66-46(58)50-10-14-54-21-29-62-30-22-54/h3-6,33-36H,7-32H2,1-2H3,(H,47,55)(H,48,56)(H,49,57)(H,50,58)/t35-,36+. The molecule has 4 N–H and O–H groups in total. The van der Waals surface area contributed by atoms with E-state index in [1.807, 2.05) is 12.1 Å². The lowest BCUT2D eigenvalue weighted by molar-refractivity contribution is 0.0384. The second-order valence-electron chi connectivity index (χ2n) is 17.0. The number of nitrogens with one attached hydrogen (secondary N) is 4. The van der Waals surface area contributed by atoms with Gasteiger partial charge in [-0.1, -0.05) is 26.0 Å². The summed E-state index contributed by atoms with van der Waals surface area (Å²) in [5.41, 5.74) is 1.76. The zero-order chi connectivity index (χ0) is 46.4. The second-order valence-corrected chi connectivity index (χ2v) is 17.0. The topological polar surface area (TPSA) is 203 Å². The van der Waals surface area contributed by atoms with Crippen LogP contribution in [0.5, 0.6) is 23.0 Å². The van der Waals surface area contributed by atoms with Gasteiger partial charge in [-0.15, -0.1) is 0 Å². The van der Waals surface area contributed by atoms with Gasteiger partial charge in [0.25, 0.3) is 0 Å². The van der Waals surface area contributed by atoms with Gasteiger partial charge in [0.2, 0.25) is 0 Å². The predicted molar refractivity (Wildman–Crippen MR) is 244 cm³/mol. The molecule has 20 heteroatoms. The van der Waals surface area contributed by atoms with Gasteiger partial charge in [0, 0.05) is 105 Å². The van der Waals surface area contributed by atoms with E-state index in [2.05, 4.69) is 54.7 Å². The molecule has 4 fully saturated rings. The Morgan fingerprint density at radius 3 is 0.970 bits per heavy atom. The molecule has 2 aromatic rings. The fourth-order valence-corrected chi connectivity index (χ4v) is 7.94. The third-order valence-electron chi connectivity index (χ3n) is 12.1. The molecular formula is C46H70N8O12. The van der Waals surface area contributed by atoms with Crippen molar-refractivity contribution < 1.29 is 57.1 Å². The Bertz CT molecular complexity index is 1690. The molecular weight excluding hydrogens is 857 g/mol. The molecule has 6 rings (SSSR count). The van der Waals surface area contributed by atoms with Crippen LogP contribution < -0.4 is 40.2 Å². The van der Waals surface area contributed by atoms with E-state index in [9.17, 15) is 19.2 Å². The van der Waals surface area contributed by atoms with Gasteiger partial charge in [-0.3, -0.25) is 19.6 Å². The molecule has 4 saturated heterocycles. The molecule has 4 aliphatic rings. The number of ether oxygens (including phenoxy) is 8. The Kier molecular flexibility index (Phi) is 21.3. The molecule has 0 spiro atoms.